The Morgan fingerprint density at radius 3 is 2.76 bits per heavy atom. The van der Waals surface area contributed by atoms with Crippen molar-refractivity contribution in [1.82, 2.24) is 10.6 Å². The predicted octanol–water partition coefficient (Wildman–Crippen LogP) is 1.32. The molecule has 138 valence electrons. The van der Waals surface area contributed by atoms with E-state index < -0.39 is 0 Å². The molecule has 0 bridgehead atoms. The Kier molecular flexibility index (Phi) is 5.99. The monoisotopic (exact) mass is 349 g/mol. The van der Waals surface area contributed by atoms with E-state index in [1.807, 2.05) is 12.1 Å². The minimum absolute atomic E-state index is 0.173. The number of benzene rings is 1. The third kappa shape index (κ3) is 4.55. The maximum absolute atomic E-state index is 5.74. The normalized spacial score (nSPS) is 18.9. The molecule has 7 heteroatoms. The molecular formula is C18H27N3O4. The van der Waals surface area contributed by atoms with Crippen LogP contribution >= 0.6 is 0 Å². The standard InChI is InChI=1S/C18H27N3O4/c1-19-17(21-12-18(22-2)6-9-23-10-7-18)20-8-5-14-3-4-15-16(11-14)25-13-24-15/h3-4,11H,5-10,12-13H2,1-2H3,(H2,19,20,21). The first-order valence-electron chi connectivity index (χ1n) is 8.71. The van der Waals surface area contributed by atoms with Crippen molar-refractivity contribution < 1.29 is 18.9 Å². The van der Waals surface area contributed by atoms with Crippen molar-refractivity contribution in [2.45, 2.75) is 24.9 Å². The second-order valence-corrected chi connectivity index (χ2v) is 6.29. The van der Waals surface area contributed by atoms with Gasteiger partial charge in [-0.25, -0.2) is 0 Å². The first-order chi connectivity index (χ1) is 12.2. The zero-order valence-electron chi connectivity index (χ0n) is 15.0. The van der Waals surface area contributed by atoms with Crippen LogP contribution in [0.2, 0.25) is 0 Å². The summed E-state index contributed by atoms with van der Waals surface area (Å²) in [6, 6.07) is 6.05. The van der Waals surface area contributed by atoms with E-state index in [9.17, 15) is 0 Å². The Labute approximate surface area is 148 Å². The smallest absolute Gasteiger partial charge is 0.231 e. The van der Waals surface area contributed by atoms with Crippen LogP contribution in [0.4, 0.5) is 0 Å². The van der Waals surface area contributed by atoms with E-state index in [1.54, 1.807) is 14.2 Å². The molecule has 0 amide bonds. The highest BCUT2D eigenvalue weighted by molar-refractivity contribution is 5.79. The van der Waals surface area contributed by atoms with E-state index in [0.717, 1.165) is 63.0 Å². The van der Waals surface area contributed by atoms with E-state index in [0.29, 0.717) is 6.79 Å². The molecule has 0 spiro atoms. The van der Waals surface area contributed by atoms with Gasteiger partial charge in [0.05, 0.1) is 5.60 Å². The van der Waals surface area contributed by atoms with Crippen LogP contribution in [0.25, 0.3) is 0 Å². The molecule has 0 atom stereocenters. The second kappa shape index (κ2) is 8.40. The number of aliphatic imine (C=N–C) groups is 1. The van der Waals surface area contributed by atoms with Crippen LogP contribution in [0.1, 0.15) is 18.4 Å². The molecule has 1 saturated heterocycles. The maximum atomic E-state index is 5.74. The quantitative estimate of drug-likeness (QED) is 0.596. The van der Waals surface area contributed by atoms with Crippen LogP contribution in [-0.2, 0) is 15.9 Å². The van der Waals surface area contributed by atoms with Crippen molar-refractivity contribution in [3.63, 3.8) is 0 Å². The van der Waals surface area contributed by atoms with E-state index in [-0.39, 0.29) is 5.60 Å². The number of fused-ring (bicyclic) bond motifs is 1. The Hall–Kier alpha value is -1.99. The largest absolute Gasteiger partial charge is 0.454 e. The number of nitrogens with one attached hydrogen (secondary N) is 2. The molecule has 1 aromatic rings. The molecule has 0 radical (unpaired) electrons. The Bertz CT molecular complexity index is 600. The number of ether oxygens (including phenoxy) is 4. The highest BCUT2D eigenvalue weighted by atomic mass is 16.7. The minimum Gasteiger partial charge on any atom is -0.454 e. The minimum atomic E-state index is -0.173. The van der Waals surface area contributed by atoms with Crippen LogP contribution in [0, 0.1) is 0 Å². The summed E-state index contributed by atoms with van der Waals surface area (Å²) in [5, 5.41) is 6.72. The van der Waals surface area contributed by atoms with Crippen LogP contribution < -0.4 is 20.1 Å². The van der Waals surface area contributed by atoms with E-state index in [1.165, 1.54) is 5.56 Å². The topological polar surface area (TPSA) is 73.3 Å². The summed E-state index contributed by atoms with van der Waals surface area (Å²) in [6.45, 7) is 3.29. The SMILES string of the molecule is CN=C(NCCc1ccc2c(c1)OCO2)NCC1(OC)CCOCC1. The summed E-state index contributed by atoms with van der Waals surface area (Å²) in [4.78, 5) is 4.29. The van der Waals surface area contributed by atoms with Crippen LogP contribution in [0.5, 0.6) is 11.5 Å². The lowest BCUT2D eigenvalue weighted by atomic mass is 9.94. The summed E-state index contributed by atoms with van der Waals surface area (Å²) in [7, 11) is 3.54. The van der Waals surface area contributed by atoms with Gasteiger partial charge in [0.25, 0.3) is 0 Å². The molecule has 2 heterocycles. The third-order valence-electron chi connectivity index (χ3n) is 4.78. The molecule has 25 heavy (non-hydrogen) atoms. The molecule has 1 fully saturated rings. The number of methoxy groups -OCH3 is 1. The van der Waals surface area contributed by atoms with E-state index >= 15 is 0 Å². The second-order valence-electron chi connectivity index (χ2n) is 6.29. The van der Waals surface area contributed by atoms with E-state index in [2.05, 4.69) is 21.7 Å². The van der Waals surface area contributed by atoms with Gasteiger partial charge in [0.15, 0.2) is 17.5 Å². The maximum Gasteiger partial charge on any atom is 0.231 e. The zero-order valence-corrected chi connectivity index (χ0v) is 15.0. The van der Waals surface area contributed by atoms with Crippen LogP contribution in [0.3, 0.4) is 0 Å². The molecule has 2 aliphatic rings. The van der Waals surface area contributed by atoms with Gasteiger partial charge >= 0.3 is 0 Å². The average Bonchev–Trinajstić information content (AvgIpc) is 3.13. The predicted molar refractivity (Wildman–Crippen MR) is 95.4 cm³/mol. The van der Waals surface area contributed by atoms with Crippen molar-refractivity contribution in [3.05, 3.63) is 23.8 Å². The summed E-state index contributed by atoms with van der Waals surface area (Å²) in [6.07, 6.45) is 2.66. The van der Waals surface area contributed by atoms with Crippen molar-refractivity contribution in [3.8, 4) is 11.5 Å². The lowest BCUT2D eigenvalue weighted by molar-refractivity contribution is -0.0855. The third-order valence-corrected chi connectivity index (χ3v) is 4.78. The molecule has 0 aromatic heterocycles. The molecule has 0 saturated carbocycles. The fraction of sp³-hybridized carbons (Fsp3) is 0.611. The highest BCUT2D eigenvalue weighted by Gasteiger charge is 2.32. The summed E-state index contributed by atoms with van der Waals surface area (Å²) in [5.41, 5.74) is 1.03. The number of hydrogen-bond donors (Lipinski definition) is 2. The highest BCUT2D eigenvalue weighted by Crippen LogP contribution is 2.32. The van der Waals surface area contributed by atoms with Crippen LogP contribution in [-0.4, -0.2) is 58.8 Å². The van der Waals surface area contributed by atoms with Gasteiger partial charge in [0, 0.05) is 53.3 Å². The fourth-order valence-corrected chi connectivity index (χ4v) is 3.08. The number of nitrogens with zero attached hydrogens (tertiary/aromatic N) is 1. The Morgan fingerprint density at radius 2 is 2.00 bits per heavy atom. The molecule has 0 unspecified atom stereocenters. The van der Waals surface area contributed by atoms with Crippen molar-refractivity contribution >= 4 is 5.96 Å². The summed E-state index contributed by atoms with van der Waals surface area (Å²) >= 11 is 0. The van der Waals surface area contributed by atoms with Gasteiger partial charge in [-0.15, -0.1) is 0 Å². The Morgan fingerprint density at radius 1 is 1.20 bits per heavy atom. The molecular weight excluding hydrogens is 322 g/mol. The van der Waals surface area contributed by atoms with Gasteiger partial charge in [-0.1, -0.05) is 6.07 Å². The summed E-state index contributed by atoms with van der Waals surface area (Å²) in [5.74, 6) is 2.42. The lowest BCUT2D eigenvalue weighted by Crippen LogP contribution is -2.51. The zero-order chi connectivity index (χ0) is 17.5. The lowest BCUT2D eigenvalue weighted by Gasteiger charge is -2.36. The Balaban J connectivity index is 1.44. The van der Waals surface area contributed by atoms with Gasteiger partial charge in [-0.2, -0.15) is 0 Å². The van der Waals surface area contributed by atoms with Crippen molar-refractivity contribution in [1.29, 1.82) is 0 Å². The van der Waals surface area contributed by atoms with Crippen molar-refractivity contribution in [2.24, 2.45) is 4.99 Å². The molecule has 0 aliphatic carbocycles. The van der Waals surface area contributed by atoms with Crippen molar-refractivity contribution in [2.75, 3.05) is 47.3 Å². The molecule has 7 nitrogen and oxygen atoms in total. The summed E-state index contributed by atoms with van der Waals surface area (Å²) < 4.78 is 21.9. The molecule has 2 aliphatic heterocycles. The van der Waals surface area contributed by atoms with E-state index in [4.69, 9.17) is 18.9 Å². The van der Waals surface area contributed by atoms with Gasteiger partial charge in [-0.05, 0) is 24.1 Å². The van der Waals surface area contributed by atoms with Gasteiger partial charge in [-0.3, -0.25) is 4.99 Å². The first-order valence-corrected chi connectivity index (χ1v) is 8.71. The fourth-order valence-electron chi connectivity index (χ4n) is 3.08. The number of hydrogen-bond acceptors (Lipinski definition) is 5. The molecule has 1 aromatic carbocycles. The van der Waals surface area contributed by atoms with Gasteiger partial charge in [0.1, 0.15) is 0 Å². The molecule has 3 rings (SSSR count). The van der Waals surface area contributed by atoms with Gasteiger partial charge < -0.3 is 29.6 Å². The van der Waals surface area contributed by atoms with Gasteiger partial charge in [0.2, 0.25) is 6.79 Å². The molecule has 2 N–H and O–H groups in total. The van der Waals surface area contributed by atoms with Crippen LogP contribution in [0.15, 0.2) is 23.2 Å². The number of rotatable bonds is 6. The first kappa shape index (κ1) is 17.8. The number of guanidine groups is 1. The average molecular weight is 349 g/mol.